The number of hydrogen-bond acceptors (Lipinski definition) is 4. The second-order valence-electron chi connectivity index (χ2n) is 9.18. The van der Waals surface area contributed by atoms with Crippen molar-refractivity contribution in [3.05, 3.63) is 71.0 Å². The van der Waals surface area contributed by atoms with Crippen LogP contribution in [-0.2, 0) is 4.74 Å². The maximum Gasteiger partial charge on any atom is 0.273 e. The van der Waals surface area contributed by atoms with Gasteiger partial charge in [0, 0.05) is 38.5 Å². The molecule has 1 heterocycles. The van der Waals surface area contributed by atoms with Crippen LogP contribution < -0.4 is 5.32 Å². The monoisotopic (exact) mass is 462 g/mol. The Hall–Kier alpha value is -3.45. The van der Waals surface area contributed by atoms with Crippen molar-refractivity contribution in [1.29, 1.82) is 0 Å². The Morgan fingerprint density at radius 2 is 1.71 bits per heavy atom. The van der Waals surface area contributed by atoms with Gasteiger partial charge in [0.15, 0.2) is 5.69 Å². The third-order valence-corrected chi connectivity index (χ3v) is 5.56. The van der Waals surface area contributed by atoms with Gasteiger partial charge in [0.1, 0.15) is 0 Å². The fourth-order valence-corrected chi connectivity index (χ4v) is 3.72. The average Bonchev–Trinajstić information content (AvgIpc) is 3.24. The molecule has 2 amide bonds. The summed E-state index contributed by atoms with van der Waals surface area (Å²) in [6.45, 7) is 8.47. The summed E-state index contributed by atoms with van der Waals surface area (Å²) in [5.41, 5.74) is 5.56. The SMILES string of the molecule is COCC(C)NC(=O)c1cc(-c2ccc(C)cc2)cc(-n2nc(C(=O)N(C)C)cc2C(C)C)c1. The lowest BCUT2D eigenvalue weighted by Gasteiger charge is -2.16. The van der Waals surface area contributed by atoms with Crippen LogP contribution in [0.4, 0.5) is 0 Å². The third-order valence-electron chi connectivity index (χ3n) is 5.56. The lowest BCUT2D eigenvalue weighted by atomic mass is 10.00. The molecule has 1 atom stereocenters. The molecular weight excluding hydrogens is 428 g/mol. The Morgan fingerprint density at radius 3 is 2.29 bits per heavy atom. The molecule has 7 nitrogen and oxygen atoms in total. The average molecular weight is 463 g/mol. The maximum absolute atomic E-state index is 13.1. The number of nitrogens with zero attached hydrogens (tertiary/aromatic N) is 3. The number of methoxy groups -OCH3 is 1. The smallest absolute Gasteiger partial charge is 0.273 e. The summed E-state index contributed by atoms with van der Waals surface area (Å²) in [6, 6.07) is 15.6. The first-order valence-electron chi connectivity index (χ1n) is 11.4. The molecule has 0 radical (unpaired) electrons. The largest absolute Gasteiger partial charge is 0.383 e. The molecule has 0 saturated heterocycles. The Bertz CT molecular complexity index is 1160. The zero-order valence-corrected chi connectivity index (χ0v) is 21.0. The Kier molecular flexibility index (Phi) is 7.89. The Labute approximate surface area is 201 Å². The number of carbonyl (C=O) groups is 2. The molecule has 1 N–H and O–H groups in total. The van der Waals surface area contributed by atoms with Gasteiger partial charge in [0.2, 0.25) is 0 Å². The van der Waals surface area contributed by atoms with E-state index in [0.29, 0.717) is 17.9 Å². The molecule has 7 heteroatoms. The molecule has 0 spiro atoms. The van der Waals surface area contributed by atoms with Crippen molar-refractivity contribution in [3.63, 3.8) is 0 Å². The molecule has 3 aromatic rings. The van der Waals surface area contributed by atoms with Crippen LogP contribution in [0.3, 0.4) is 0 Å². The molecule has 2 aromatic carbocycles. The van der Waals surface area contributed by atoms with Crippen molar-refractivity contribution >= 4 is 11.8 Å². The molecule has 1 aromatic heterocycles. The van der Waals surface area contributed by atoms with E-state index in [0.717, 1.165) is 28.1 Å². The number of aryl methyl sites for hydroxylation is 1. The number of rotatable bonds is 8. The van der Waals surface area contributed by atoms with E-state index in [-0.39, 0.29) is 23.8 Å². The van der Waals surface area contributed by atoms with Gasteiger partial charge in [0.25, 0.3) is 11.8 Å². The number of carbonyl (C=O) groups excluding carboxylic acids is 2. The van der Waals surface area contributed by atoms with Gasteiger partial charge in [-0.05, 0) is 55.2 Å². The van der Waals surface area contributed by atoms with E-state index in [9.17, 15) is 9.59 Å². The second kappa shape index (κ2) is 10.7. The van der Waals surface area contributed by atoms with Crippen molar-refractivity contribution < 1.29 is 14.3 Å². The molecule has 0 fully saturated rings. The summed E-state index contributed by atoms with van der Waals surface area (Å²) in [4.78, 5) is 27.2. The maximum atomic E-state index is 13.1. The highest BCUT2D eigenvalue weighted by molar-refractivity contribution is 5.96. The van der Waals surface area contributed by atoms with E-state index in [1.165, 1.54) is 4.90 Å². The Morgan fingerprint density at radius 1 is 1.03 bits per heavy atom. The number of nitrogens with one attached hydrogen (secondary N) is 1. The van der Waals surface area contributed by atoms with Crippen LogP contribution in [0.25, 0.3) is 16.8 Å². The predicted molar refractivity (Wildman–Crippen MR) is 135 cm³/mol. The summed E-state index contributed by atoms with van der Waals surface area (Å²) in [5.74, 6) is -0.234. The second-order valence-corrected chi connectivity index (χ2v) is 9.18. The summed E-state index contributed by atoms with van der Waals surface area (Å²) < 4.78 is 6.93. The van der Waals surface area contributed by atoms with Gasteiger partial charge in [-0.25, -0.2) is 4.68 Å². The van der Waals surface area contributed by atoms with Gasteiger partial charge < -0.3 is 15.0 Å². The van der Waals surface area contributed by atoms with E-state index in [2.05, 4.69) is 24.3 Å². The van der Waals surface area contributed by atoms with Crippen LogP contribution in [-0.4, -0.2) is 60.3 Å². The highest BCUT2D eigenvalue weighted by Crippen LogP contribution is 2.28. The van der Waals surface area contributed by atoms with E-state index < -0.39 is 0 Å². The van der Waals surface area contributed by atoms with E-state index in [4.69, 9.17) is 4.74 Å². The summed E-state index contributed by atoms with van der Waals surface area (Å²) in [5, 5.41) is 7.62. The van der Waals surface area contributed by atoms with E-state index in [1.807, 2.05) is 62.4 Å². The molecule has 0 saturated carbocycles. The first-order valence-corrected chi connectivity index (χ1v) is 11.4. The molecule has 0 aliphatic carbocycles. The first-order chi connectivity index (χ1) is 16.1. The first kappa shape index (κ1) is 25.2. The topological polar surface area (TPSA) is 76.5 Å². The molecule has 0 aliphatic heterocycles. The van der Waals surface area contributed by atoms with Crippen LogP contribution in [0.5, 0.6) is 0 Å². The zero-order chi connectivity index (χ0) is 25.0. The molecule has 34 heavy (non-hydrogen) atoms. The fourth-order valence-electron chi connectivity index (χ4n) is 3.72. The van der Waals surface area contributed by atoms with Gasteiger partial charge >= 0.3 is 0 Å². The summed E-state index contributed by atoms with van der Waals surface area (Å²) in [6.07, 6.45) is 0. The lowest BCUT2D eigenvalue weighted by Crippen LogP contribution is -2.35. The summed E-state index contributed by atoms with van der Waals surface area (Å²) in [7, 11) is 5.02. The van der Waals surface area contributed by atoms with Crippen LogP contribution in [0, 0.1) is 6.92 Å². The minimum atomic E-state index is -0.192. The van der Waals surface area contributed by atoms with Crippen LogP contribution in [0.2, 0.25) is 0 Å². The standard InChI is InChI=1S/C27H34N4O3/c1-17(2)25-15-24(27(33)30(5)6)29-31(25)23-13-21(20-10-8-18(3)9-11-20)12-22(14-23)26(32)28-19(4)16-34-7/h8-15,17,19H,16H2,1-7H3,(H,28,32). The highest BCUT2D eigenvalue weighted by atomic mass is 16.5. The zero-order valence-electron chi connectivity index (χ0n) is 21.0. The molecule has 180 valence electrons. The van der Waals surface area contributed by atoms with E-state index in [1.54, 1.807) is 25.9 Å². The molecule has 0 bridgehead atoms. The predicted octanol–water partition coefficient (Wildman–Crippen LogP) is 4.44. The van der Waals surface area contributed by atoms with Gasteiger partial charge in [-0.2, -0.15) is 5.10 Å². The highest BCUT2D eigenvalue weighted by Gasteiger charge is 2.20. The van der Waals surface area contributed by atoms with Crippen molar-refractivity contribution in [2.24, 2.45) is 0 Å². The fraction of sp³-hybridized carbons (Fsp3) is 0.370. The molecule has 1 unspecified atom stereocenters. The van der Waals surface area contributed by atoms with Gasteiger partial charge in [-0.15, -0.1) is 0 Å². The lowest BCUT2D eigenvalue weighted by molar-refractivity contribution is 0.0820. The number of benzene rings is 2. The van der Waals surface area contributed by atoms with Gasteiger partial charge in [0.05, 0.1) is 12.3 Å². The molecular formula is C27H34N4O3. The number of hydrogen-bond donors (Lipinski definition) is 1. The number of amides is 2. The van der Waals surface area contributed by atoms with Crippen LogP contribution in [0.15, 0.2) is 48.5 Å². The quantitative estimate of drug-likeness (QED) is 0.537. The minimum Gasteiger partial charge on any atom is -0.383 e. The third kappa shape index (κ3) is 5.72. The van der Waals surface area contributed by atoms with Crippen molar-refractivity contribution in [3.8, 4) is 16.8 Å². The Balaban J connectivity index is 2.16. The van der Waals surface area contributed by atoms with Crippen molar-refractivity contribution in [2.75, 3.05) is 27.8 Å². The van der Waals surface area contributed by atoms with Crippen molar-refractivity contribution in [1.82, 2.24) is 20.0 Å². The van der Waals surface area contributed by atoms with E-state index >= 15 is 0 Å². The minimum absolute atomic E-state index is 0.123. The summed E-state index contributed by atoms with van der Waals surface area (Å²) >= 11 is 0. The molecule has 0 aliphatic rings. The van der Waals surface area contributed by atoms with Gasteiger partial charge in [-0.1, -0.05) is 43.7 Å². The van der Waals surface area contributed by atoms with Gasteiger partial charge in [-0.3, -0.25) is 9.59 Å². The number of aromatic nitrogens is 2. The number of ether oxygens (including phenoxy) is 1. The van der Waals surface area contributed by atoms with Crippen LogP contribution >= 0.6 is 0 Å². The van der Waals surface area contributed by atoms with Crippen LogP contribution in [0.1, 0.15) is 58.8 Å². The molecule has 3 rings (SSSR count). The van der Waals surface area contributed by atoms with Crippen molar-refractivity contribution in [2.45, 2.75) is 39.7 Å². The normalized spacial score (nSPS) is 12.0.